The summed E-state index contributed by atoms with van der Waals surface area (Å²) in [5.74, 6) is -2.46. The molecule has 3 atom stereocenters. The van der Waals surface area contributed by atoms with E-state index in [9.17, 15) is 34.1 Å². The normalized spacial score (nSPS) is 14.9. The molecule has 0 spiro atoms. The van der Waals surface area contributed by atoms with Crippen molar-refractivity contribution in [2.75, 3.05) is 19.8 Å². The van der Waals surface area contributed by atoms with Gasteiger partial charge in [0.1, 0.15) is 12.7 Å². The number of carbonyl (C=O) groups excluding carboxylic acids is 2. The molecule has 0 rings (SSSR count). The van der Waals surface area contributed by atoms with Gasteiger partial charge in [-0.05, 0) is 57.8 Å². The molecule has 0 aliphatic heterocycles. The number of carboxylic acids is 1. The molecule has 0 bridgehead atoms. The smallest absolute Gasteiger partial charge is 0.472 e. The van der Waals surface area contributed by atoms with Crippen LogP contribution in [0.25, 0.3) is 0 Å². The highest BCUT2D eigenvalue weighted by Gasteiger charge is 2.28. The van der Waals surface area contributed by atoms with Gasteiger partial charge in [-0.3, -0.25) is 18.6 Å². The van der Waals surface area contributed by atoms with Crippen molar-refractivity contribution in [1.82, 2.24) is 5.32 Å². The van der Waals surface area contributed by atoms with Gasteiger partial charge in [-0.15, -0.1) is 0 Å². The number of nitrogens with one attached hydrogen (secondary N) is 1. The van der Waals surface area contributed by atoms with Crippen LogP contribution in [0.15, 0.2) is 60.8 Å². The molecule has 0 aliphatic rings. The second kappa shape index (κ2) is 29.6. The Bertz CT molecular complexity index is 1020. The minimum Gasteiger partial charge on any atom is -0.480 e. The van der Waals surface area contributed by atoms with E-state index in [0.717, 1.165) is 64.2 Å². The molecule has 0 saturated carbocycles. The Labute approximate surface area is 275 Å². The number of esters is 1. The van der Waals surface area contributed by atoms with E-state index in [1.54, 1.807) is 0 Å². The third-order valence-corrected chi connectivity index (χ3v) is 7.27. The van der Waals surface area contributed by atoms with Crippen LogP contribution >= 0.6 is 7.82 Å². The van der Waals surface area contributed by atoms with Crippen LogP contribution in [0.2, 0.25) is 0 Å². The van der Waals surface area contributed by atoms with Gasteiger partial charge >= 0.3 is 19.8 Å². The number of carboxylic acid groups (broad SMARTS) is 1. The molecule has 0 radical (unpaired) electrons. The number of phosphoric ester groups is 1. The number of unbranched alkanes of at least 4 members (excludes halogenated alkanes) is 5. The van der Waals surface area contributed by atoms with Gasteiger partial charge in [-0.2, -0.15) is 0 Å². The quantitative estimate of drug-likeness (QED) is 0.0285. The number of carbonyl (C=O) groups is 3. The molecule has 12 heteroatoms. The minimum atomic E-state index is -4.74. The Hall–Kier alpha value is -2.82. The van der Waals surface area contributed by atoms with Crippen molar-refractivity contribution in [3.63, 3.8) is 0 Å². The van der Waals surface area contributed by atoms with Crippen LogP contribution in [-0.4, -0.2) is 64.9 Å². The second-order valence-corrected chi connectivity index (χ2v) is 12.1. The van der Waals surface area contributed by atoms with Crippen molar-refractivity contribution in [3.8, 4) is 0 Å². The van der Waals surface area contributed by atoms with Crippen LogP contribution in [0.5, 0.6) is 0 Å². The fraction of sp³-hybridized carbons (Fsp3) is 0.618. The fourth-order valence-corrected chi connectivity index (χ4v) is 4.52. The van der Waals surface area contributed by atoms with E-state index < -0.39 is 57.6 Å². The summed E-state index contributed by atoms with van der Waals surface area (Å²) in [6.45, 7) is 2.19. The lowest BCUT2D eigenvalue weighted by molar-refractivity contribution is -0.147. The van der Waals surface area contributed by atoms with E-state index in [4.69, 9.17) is 9.26 Å². The van der Waals surface area contributed by atoms with Gasteiger partial charge in [0.05, 0.1) is 13.2 Å². The van der Waals surface area contributed by atoms with Gasteiger partial charge in [0.25, 0.3) is 0 Å². The van der Waals surface area contributed by atoms with Crippen molar-refractivity contribution < 1.29 is 47.8 Å². The highest BCUT2D eigenvalue weighted by Crippen LogP contribution is 2.43. The maximum absolute atomic E-state index is 12.2. The van der Waals surface area contributed by atoms with Crippen molar-refractivity contribution in [3.05, 3.63) is 60.8 Å². The number of phosphoric acid groups is 1. The zero-order valence-corrected chi connectivity index (χ0v) is 28.5. The van der Waals surface area contributed by atoms with Crippen LogP contribution in [-0.2, 0) is 32.7 Å². The van der Waals surface area contributed by atoms with Crippen molar-refractivity contribution >= 4 is 25.7 Å². The SMILES string of the molecule is CC/C=C\C/C=C\C/C=C\C/C=C\C/C=C\CCCCCC(=O)NC(COP(=O)(O)OCC(O)COC(=O)CCCCC)C(=O)O. The zero-order valence-electron chi connectivity index (χ0n) is 27.6. The number of ether oxygens (including phenoxy) is 1. The molecule has 0 aliphatic carbocycles. The Kier molecular flexibility index (Phi) is 27.8. The lowest BCUT2D eigenvalue weighted by Crippen LogP contribution is -2.43. The third kappa shape index (κ3) is 28.6. The maximum Gasteiger partial charge on any atom is 0.472 e. The van der Waals surface area contributed by atoms with Gasteiger partial charge in [-0.1, -0.05) is 93.9 Å². The number of hydrogen-bond acceptors (Lipinski definition) is 8. The summed E-state index contributed by atoms with van der Waals surface area (Å²) in [5, 5.41) is 21.4. The number of allylic oxidation sites excluding steroid dienone is 10. The molecule has 0 saturated heterocycles. The average Bonchev–Trinajstić information content (AvgIpc) is 3.02. The molecular formula is C34H56NO10P. The fourth-order valence-electron chi connectivity index (χ4n) is 3.75. The average molecular weight is 670 g/mol. The van der Waals surface area contributed by atoms with E-state index in [1.807, 2.05) is 6.92 Å². The maximum atomic E-state index is 12.2. The molecule has 0 aromatic rings. The number of hydrogen-bond donors (Lipinski definition) is 4. The first-order chi connectivity index (χ1) is 22.1. The lowest BCUT2D eigenvalue weighted by atomic mass is 10.1. The van der Waals surface area contributed by atoms with E-state index in [0.29, 0.717) is 12.8 Å². The van der Waals surface area contributed by atoms with Crippen LogP contribution < -0.4 is 5.32 Å². The highest BCUT2D eigenvalue weighted by atomic mass is 31.2. The van der Waals surface area contributed by atoms with Gasteiger partial charge < -0.3 is 25.2 Å². The molecule has 262 valence electrons. The van der Waals surface area contributed by atoms with Crippen molar-refractivity contribution in [1.29, 1.82) is 0 Å². The molecule has 0 aromatic heterocycles. The molecule has 4 N–H and O–H groups in total. The molecule has 46 heavy (non-hydrogen) atoms. The Morgan fingerprint density at radius 2 is 1.26 bits per heavy atom. The predicted molar refractivity (Wildman–Crippen MR) is 180 cm³/mol. The van der Waals surface area contributed by atoms with E-state index in [2.05, 4.69) is 77.5 Å². The molecule has 0 heterocycles. The van der Waals surface area contributed by atoms with Crippen LogP contribution in [0, 0.1) is 0 Å². The summed E-state index contributed by atoms with van der Waals surface area (Å²) < 4.78 is 26.3. The van der Waals surface area contributed by atoms with E-state index in [-0.39, 0.29) is 12.8 Å². The van der Waals surface area contributed by atoms with Crippen molar-refractivity contribution in [2.45, 2.75) is 116 Å². The first kappa shape index (κ1) is 43.2. The first-order valence-corrected chi connectivity index (χ1v) is 17.8. The van der Waals surface area contributed by atoms with E-state index in [1.165, 1.54) is 0 Å². The standard InChI is InChI=1S/C34H56NO10P/c1-3-5-7-8-9-10-11-12-13-14-15-16-17-18-19-20-21-22-24-25-32(37)35-31(34(39)40)29-45-46(41,42)44-28-30(36)27-43-33(38)26-23-6-4-2/h5,7,9-10,12-13,15-16,18-19,30-31,36H,3-4,6,8,11,14,17,20-29H2,1-2H3,(H,35,37)(H,39,40)(H,41,42)/b7-5-,10-9-,13-12-,16-15-,19-18-. The number of aliphatic carboxylic acids is 1. The predicted octanol–water partition coefficient (Wildman–Crippen LogP) is 6.88. The largest absolute Gasteiger partial charge is 0.480 e. The monoisotopic (exact) mass is 669 g/mol. The summed E-state index contributed by atoms with van der Waals surface area (Å²) in [5.41, 5.74) is 0. The van der Waals surface area contributed by atoms with Gasteiger partial charge in [-0.25, -0.2) is 9.36 Å². The van der Waals surface area contributed by atoms with Crippen LogP contribution in [0.3, 0.4) is 0 Å². The molecule has 0 fully saturated rings. The number of amides is 1. The lowest BCUT2D eigenvalue weighted by Gasteiger charge is -2.18. The van der Waals surface area contributed by atoms with Crippen LogP contribution in [0.4, 0.5) is 0 Å². The minimum absolute atomic E-state index is 0.103. The second-order valence-electron chi connectivity index (χ2n) is 10.6. The number of aliphatic hydroxyl groups is 1. The van der Waals surface area contributed by atoms with Gasteiger partial charge in [0, 0.05) is 12.8 Å². The molecule has 3 unspecified atom stereocenters. The Morgan fingerprint density at radius 3 is 1.83 bits per heavy atom. The highest BCUT2D eigenvalue weighted by molar-refractivity contribution is 7.47. The van der Waals surface area contributed by atoms with Crippen molar-refractivity contribution in [2.24, 2.45) is 0 Å². The topological polar surface area (TPSA) is 169 Å². The molecule has 11 nitrogen and oxygen atoms in total. The Balaban J connectivity index is 4.07. The summed E-state index contributed by atoms with van der Waals surface area (Å²) in [6, 6.07) is -1.56. The zero-order chi connectivity index (χ0) is 34.3. The molecule has 1 amide bonds. The number of aliphatic hydroxyl groups excluding tert-OH is 1. The van der Waals surface area contributed by atoms with Gasteiger partial charge in [0.15, 0.2) is 6.04 Å². The third-order valence-electron chi connectivity index (χ3n) is 6.32. The van der Waals surface area contributed by atoms with Crippen LogP contribution in [0.1, 0.15) is 104 Å². The summed E-state index contributed by atoms with van der Waals surface area (Å²) in [6.07, 6.45) is 30.7. The summed E-state index contributed by atoms with van der Waals surface area (Å²) in [4.78, 5) is 45.1. The number of rotatable bonds is 29. The van der Waals surface area contributed by atoms with E-state index >= 15 is 0 Å². The Morgan fingerprint density at radius 1 is 0.717 bits per heavy atom. The summed E-state index contributed by atoms with van der Waals surface area (Å²) in [7, 11) is -4.74. The van der Waals surface area contributed by atoms with Gasteiger partial charge in [0.2, 0.25) is 5.91 Å². The molecular weight excluding hydrogens is 613 g/mol. The first-order valence-electron chi connectivity index (χ1n) is 16.3. The molecule has 0 aromatic carbocycles. The summed E-state index contributed by atoms with van der Waals surface area (Å²) >= 11 is 0.